The van der Waals surface area contributed by atoms with Gasteiger partial charge in [0, 0.05) is 55.8 Å². The first-order chi connectivity index (χ1) is 14.2. The topological polar surface area (TPSA) is 65.9 Å². The number of rotatable bonds is 4. The monoisotopic (exact) mass is 395 g/mol. The molecule has 5 rings (SSSR count). The van der Waals surface area contributed by atoms with Gasteiger partial charge in [-0.25, -0.2) is 0 Å². The Bertz CT molecular complexity index is 877. The van der Waals surface area contributed by atoms with E-state index in [2.05, 4.69) is 9.88 Å². The number of fused-ring (bicyclic) bond motifs is 1. The van der Waals surface area contributed by atoms with Gasteiger partial charge in [-0.15, -0.1) is 0 Å². The first-order valence-electron chi connectivity index (χ1n) is 10.9. The first kappa shape index (κ1) is 18.8. The molecule has 1 saturated carbocycles. The molecular formula is C23H29N3O3. The van der Waals surface area contributed by atoms with Gasteiger partial charge in [-0.2, -0.15) is 0 Å². The SMILES string of the molecule is O=C(C1CC1)N1CCC(N2CC[C@@H](Oc3ccc4cccnc4c3)[C@H](O)C2)CC1. The summed E-state index contributed by atoms with van der Waals surface area (Å²) in [6.45, 7) is 3.28. The van der Waals surface area contributed by atoms with Gasteiger partial charge in [-0.1, -0.05) is 6.07 Å². The van der Waals surface area contributed by atoms with Crippen LogP contribution in [0, 0.1) is 5.92 Å². The summed E-state index contributed by atoms with van der Waals surface area (Å²) in [7, 11) is 0. The lowest BCUT2D eigenvalue weighted by atomic mass is 9.97. The molecule has 154 valence electrons. The van der Waals surface area contributed by atoms with E-state index in [0.717, 1.165) is 68.4 Å². The number of benzene rings is 1. The van der Waals surface area contributed by atoms with Crippen LogP contribution in [0.1, 0.15) is 32.1 Å². The van der Waals surface area contributed by atoms with Crippen molar-refractivity contribution in [2.75, 3.05) is 26.2 Å². The van der Waals surface area contributed by atoms with E-state index < -0.39 is 6.10 Å². The molecule has 3 aliphatic rings. The van der Waals surface area contributed by atoms with Crippen LogP contribution < -0.4 is 4.74 Å². The Balaban J connectivity index is 1.15. The molecule has 29 heavy (non-hydrogen) atoms. The van der Waals surface area contributed by atoms with E-state index in [4.69, 9.17) is 4.74 Å². The van der Waals surface area contributed by atoms with Crippen molar-refractivity contribution in [2.45, 2.75) is 50.4 Å². The van der Waals surface area contributed by atoms with Crippen LogP contribution >= 0.6 is 0 Å². The van der Waals surface area contributed by atoms with Crippen LogP contribution in [-0.4, -0.2) is 70.2 Å². The first-order valence-corrected chi connectivity index (χ1v) is 10.9. The van der Waals surface area contributed by atoms with Gasteiger partial charge in [0.05, 0.1) is 5.52 Å². The van der Waals surface area contributed by atoms with Crippen LogP contribution in [-0.2, 0) is 4.79 Å². The van der Waals surface area contributed by atoms with Crippen molar-refractivity contribution in [3.63, 3.8) is 0 Å². The summed E-state index contributed by atoms with van der Waals surface area (Å²) in [5.74, 6) is 1.44. The lowest BCUT2D eigenvalue weighted by Crippen LogP contribution is -2.55. The molecule has 3 heterocycles. The molecule has 0 bridgehead atoms. The summed E-state index contributed by atoms with van der Waals surface area (Å²) in [6.07, 6.45) is 6.06. The Morgan fingerprint density at radius 3 is 2.66 bits per heavy atom. The molecule has 1 N–H and O–H groups in total. The van der Waals surface area contributed by atoms with Gasteiger partial charge in [-0.3, -0.25) is 14.7 Å². The quantitative estimate of drug-likeness (QED) is 0.861. The third-order valence-corrected chi connectivity index (χ3v) is 6.64. The van der Waals surface area contributed by atoms with Crippen LogP contribution in [0.2, 0.25) is 0 Å². The summed E-state index contributed by atoms with van der Waals surface area (Å²) < 4.78 is 6.12. The van der Waals surface area contributed by atoms with E-state index >= 15 is 0 Å². The average molecular weight is 396 g/mol. The van der Waals surface area contributed by atoms with Crippen LogP contribution in [0.5, 0.6) is 5.75 Å². The van der Waals surface area contributed by atoms with Crippen molar-refractivity contribution >= 4 is 16.8 Å². The fourth-order valence-electron chi connectivity index (χ4n) is 4.74. The van der Waals surface area contributed by atoms with Gasteiger partial charge >= 0.3 is 0 Å². The highest BCUT2D eigenvalue weighted by molar-refractivity contribution is 5.81. The molecule has 0 radical (unpaired) electrons. The van der Waals surface area contributed by atoms with Crippen molar-refractivity contribution in [1.82, 2.24) is 14.8 Å². The predicted octanol–water partition coefficient (Wildman–Crippen LogP) is 2.45. The van der Waals surface area contributed by atoms with Crippen LogP contribution in [0.25, 0.3) is 10.9 Å². The molecule has 3 fully saturated rings. The number of β-amino-alcohol motifs (C(OH)–C–C–N with tert-alkyl or cyclic N) is 1. The van der Waals surface area contributed by atoms with Crippen molar-refractivity contribution in [1.29, 1.82) is 0 Å². The zero-order valence-corrected chi connectivity index (χ0v) is 16.7. The standard InChI is InChI=1S/C23H29N3O3/c27-21-15-26(18-7-11-25(12-8-18)23(28)17-3-4-17)13-9-22(21)29-19-6-5-16-2-1-10-24-20(16)14-19/h1-2,5-6,10,14,17-18,21-22,27H,3-4,7-9,11-13,15H2/t21-,22-/m1/s1. The van der Waals surface area contributed by atoms with E-state index in [1.54, 1.807) is 6.20 Å². The van der Waals surface area contributed by atoms with Crippen molar-refractivity contribution < 1.29 is 14.6 Å². The molecule has 1 aliphatic carbocycles. The number of aliphatic hydroxyl groups is 1. The molecule has 0 unspecified atom stereocenters. The summed E-state index contributed by atoms with van der Waals surface area (Å²) in [5, 5.41) is 11.8. The molecule has 1 aromatic heterocycles. The normalized spacial score (nSPS) is 26.6. The van der Waals surface area contributed by atoms with Crippen molar-refractivity contribution in [2.24, 2.45) is 5.92 Å². The van der Waals surface area contributed by atoms with E-state index in [1.807, 2.05) is 35.2 Å². The number of carbonyl (C=O) groups is 1. The summed E-state index contributed by atoms with van der Waals surface area (Å²) in [4.78, 5) is 21.1. The smallest absolute Gasteiger partial charge is 0.225 e. The zero-order chi connectivity index (χ0) is 19.8. The number of aliphatic hydroxyl groups excluding tert-OH is 1. The van der Waals surface area contributed by atoms with E-state index in [9.17, 15) is 9.90 Å². The lowest BCUT2D eigenvalue weighted by Gasteiger charge is -2.43. The van der Waals surface area contributed by atoms with E-state index in [-0.39, 0.29) is 6.10 Å². The van der Waals surface area contributed by atoms with Crippen LogP contribution in [0.4, 0.5) is 0 Å². The highest BCUT2D eigenvalue weighted by Gasteiger charge is 2.37. The van der Waals surface area contributed by atoms with Gasteiger partial charge in [0.1, 0.15) is 18.0 Å². The molecule has 1 amide bonds. The maximum Gasteiger partial charge on any atom is 0.225 e. The minimum Gasteiger partial charge on any atom is -0.488 e. The molecule has 2 atom stereocenters. The fourth-order valence-corrected chi connectivity index (χ4v) is 4.74. The fraction of sp³-hybridized carbons (Fsp3) is 0.565. The lowest BCUT2D eigenvalue weighted by molar-refractivity contribution is -0.134. The van der Waals surface area contributed by atoms with Crippen LogP contribution in [0.3, 0.4) is 0 Å². The van der Waals surface area contributed by atoms with E-state index in [1.165, 1.54) is 0 Å². The average Bonchev–Trinajstić information content (AvgIpc) is 3.60. The number of hydrogen-bond acceptors (Lipinski definition) is 5. The number of carbonyl (C=O) groups excluding carboxylic acids is 1. The second-order valence-electron chi connectivity index (χ2n) is 8.70. The number of likely N-dealkylation sites (tertiary alicyclic amines) is 2. The summed E-state index contributed by atoms with van der Waals surface area (Å²) in [6, 6.07) is 10.3. The van der Waals surface area contributed by atoms with E-state index in [0.29, 0.717) is 24.4 Å². The molecular weight excluding hydrogens is 366 g/mol. The molecule has 6 heteroatoms. The third-order valence-electron chi connectivity index (χ3n) is 6.64. The Labute approximate surface area is 171 Å². The summed E-state index contributed by atoms with van der Waals surface area (Å²) in [5.41, 5.74) is 0.907. The Morgan fingerprint density at radius 2 is 1.90 bits per heavy atom. The second-order valence-corrected chi connectivity index (χ2v) is 8.70. The minimum absolute atomic E-state index is 0.191. The molecule has 2 aromatic rings. The predicted molar refractivity (Wildman–Crippen MR) is 111 cm³/mol. The highest BCUT2D eigenvalue weighted by atomic mass is 16.5. The van der Waals surface area contributed by atoms with Gasteiger partial charge in [-0.05, 0) is 50.3 Å². The minimum atomic E-state index is -0.505. The Kier molecular flexibility index (Phi) is 5.14. The molecule has 6 nitrogen and oxygen atoms in total. The number of piperidine rings is 2. The van der Waals surface area contributed by atoms with Crippen LogP contribution in [0.15, 0.2) is 36.5 Å². The van der Waals surface area contributed by atoms with Gasteiger partial charge in [0.15, 0.2) is 0 Å². The number of nitrogens with zero attached hydrogens (tertiary/aromatic N) is 3. The molecule has 0 spiro atoms. The third kappa shape index (κ3) is 4.09. The van der Waals surface area contributed by atoms with Gasteiger partial charge in [0.2, 0.25) is 5.91 Å². The van der Waals surface area contributed by atoms with Crippen molar-refractivity contribution in [3.8, 4) is 5.75 Å². The number of hydrogen-bond donors (Lipinski definition) is 1. The number of pyridine rings is 1. The largest absolute Gasteiger partial charge is 0.488 e. The number of ether oxygens (including phenoxy) is 1. The maximum absolute atomic E-state index is 12.2. The number of aromatic nitrogens is 1. The second kappa shape index (κ2) is 7.92. The Morgan fingerprint density at radius 1 is 1.07 bits per heavy atom. The molecule has 1 aromatic carbocycles. The van der Waals surface area contributed by atoms with Gasteiger partial charge < -0.3 is 14.7 Å². The van der Waals surface area contributed by atoms with Gasteiger partial charge in [0.25, 0.3) is 0 Å². The zero-order valence-electron chi connectivity index (χ0n) is 16.7. The molecule has 2 saturated heterocycles. The number of amides is 1. The summed E-state index contributed by atoms with van der Waals surface area (Å²) >= 11 is 0. The molecule has 2 aliphatic heterocycles. The highest BCUT2D eigenvalue weighted by Crippen LogP contribution is 2.32. The van der Waals surface area contributed by atoms with Crippen molar-refractivity contribution in [3.05, 3.63) is 36.5 Å². The Hall–Kier alpha value is -2.18. The maximum atomic E-state index is 12.2.